The predicted molar refractivity (Wildman–Crippen MR) is 99.8 cm³/mol. The lowest BCUT2D eigenvalue weighted by Gasteiger charge is -2.33. The molecule has 140 valence electrons. The quantitative estimate of drug-likeness (QED) is 0.776. The molecule has 3 rings (SSSR count). The third-order valence-electron chi connectivity index (χ3n) is 5.34. The Kier molecular flexibility index (Phi) is 6.42. The van der Waals surface area contributed by atoms with Gasteiger partial charge >= 0.3 is 0 Å². The summed E-state index contributed by atoms with van der Waals surface area (Å²) in [4.78, 5) is 28.8. The summed E-state index contributed by atoms with van der Waals surface area (Å²) in [7, 11) is 0. The summed E-state index contributed by atoms with van der Waals surface area (Å²) in [6, 6.07) is 6.17. The maximum Gasteiger partial charge on any atom is 0.246 e. The van der Waals surface area contributed by atoms with Crippen LogP contribution < -0.4 is 0 Å². The van der Waals surface area contributed by atoms with Crippen LogP contribution in [0.15, 0.2) is 30.3 Å². The molecule has 26 heavy (non-hydrogen) atoms. The molecule has 0 aliphatic carbocycles. The molecule has 0 radical (unpaired) electrons. The first-order chi connectivity index (χ1) is 12.6. The number of rotatable bonds is 3. The number of hydrogen-bond acceptors (Lipinski definition) is 2. The van der Waals surface area contributed by atoms with Gasteiger partial charge in [0.15, 0.2) is 0 Å². The Hall–Kier alpha value is -2.17. The molecule has 5 heteroatoms. The van der Waals surface area contributed by atoms with Crippen molar-refractivity contribution >= 4 is 17.9 Å². The molecule has 0 unspecified atom stereocenters. The number of hydrogen-bond donors (Lipinski definition) is 0. The molecule has 0 bridgehead atoms. The van der Waals surface area contributed by atoms with E-state index in [4.69, 9.17) is 0 Å². The lowest BCUT2D eigenvalue weighted by molar-refractivity contribution is -0.139. The van der Waals surface area contributed by atoms with E-state index in [2.05, 4.69) is 0 Å². The summed E-state index contributed by atoms with van der Waals surface area (Å²) in [5.74, 6) is -0.0685. The summed E-state index contributed by atoms with van der Waals surface area (Å²) >= 11 is 0. The monoisotopic (exact) mass is 358 g/mol. The van der Waals surface area contributed by atoms with Gasteiger partial charge in [-0.3, -0.25) is 9.59 Å². The van der Waals surface area contributed by atoms with Gasteiger partial charge in [-0.15, -0.1) is 0 Å². The van der Waals surface area contributed by atoms with Crippen molar-refractivity contribution in [2.45, 2.75) is 38.5 Å². The third kappa shape index (κ3) is 4.93. The number of carbonyl (C=O) groups excluding carboxylic acids is 2. The molecule has 2 fully saturated rings. The van der Waals surface area contributed by atoms with Crippen LogP contribution in [-0.2, 0) is 9.59 Å². The average Bonchev–Trinajstić information content (AvgIpc) is 2.95. The van der Waals surface area contributed by atoms with Crippen molar-refractivity contribution < 1.29 is 14.0 Å². The van der Waals surface area contributed by atoms with Gasteiger partial charge < -0.3 is 9.80 Å². The molecule has 1 aromatic carbocycles. The molecule has 2 aliphatic heterocycles. The van der Waals surface area contributed by atoms with Crippen LogP contribution in [0.25, 0.3) is 6.08 Å². The Morgan fingerprint density at radius 2 is 1.65 bits per heavy atom. The van der Waals surface area contributed by atoms with E-state index in [1.807, 2.05) is 4.90 Å². The smallest absolute Gasteiger partial charge is 0.246 e. The van der Waals surface area contributed by atoms with E-state index in [-0.39, 0.29) is 23.5 Å². The number of likely N-dealkylation sites (tertiary alicyclic amines) is 2. The van der Waals surface area contributed by atoms with E-state index in [9.17, 15) is 14.0 Å². The van der Waals surface area contributed by atoms with Gasteiger partial charge in [0.05, 0.1) is 0 Å². The summed E-state index contributed by atoms with van der Waals surface area (Å²) in [5.41, 5.74) is 0.671. The molecule has 2 amide bonds. The van der Waals surface area contributed by atoms with Crippen LogP contribution in [0.4, 0.5) is 4.39 Å². The Morgan fingerprint density at radius 1 is 0.962 bits per heavy atom. The fourth-order valence-corrected chi connectivity index (χ4v) is 3.78. The molecule has 0 atom stereocenters. The second kappa shape index (κ2) is 8.97. The van der Waals surface area contributed by atoms with Gasteiger partial charge in [0, 0.05) is 38.2 Å². The highest BCUT2D eigenvalue weighted by molar-refractivity contribution is 5.92. The summed E-state index contributed by atoms with van der Waals surface area (Å²) in [5, 5.41) is 0. The topological polar surface area (TPSA) is 40.6 Å². The van der Waals surface area contributed by atoms with Gasteiger partial charge in [-0.2, -0.15) is 0 Å². The Morgan fingerprint density at radius 3 is 2.31 bits per heavy atom. The highest BCUT2D eigenvalue weighted by atomic mass is 19.1. The second-order valence-corrected chi connectivity index (χ2v) is 7.23. The number of benzene rings is 1. The average molecular weight is 358 g/mol. The largest absolute Gasteiger partial charge is 0.342 e. The van der Waals surface area contributed by atoms with Crippen LogP contribution in [-0.4, -0.2) is 47.8 Å². The molecule has 4 nitrogen and oxygen atoms in total. The molecule has 0 N–H and O–H groups in total. The van der Waals surface area contributed by atoms with E-state index in [0.717, 1.165) is 38.8 Å². The Bertz CT molecular complexity index is 658. The Labute approximate surface area is 154 Å². The normalized spacial score (nSPS) is 19.6. The standard InChI is InChI=1S/C21H27FN2O2/c22-19-7-5-6-17(16-19)8-9-20(25)23-14-10-18(11-15-23)21(26)24-12-3-1-2-4-13-24/h5-9,16,18H,1-4,10-15H2/b9-8+. The highest BCUT2D eigenvalue weighted by Gasteiger charge is 2.29. The zero-order valence-corrected chi connectivity index (χ0v) is 15.2. The van der Waals surface area contributed by atoms with Crippen LogP contribution in [0.3, 0.4) is 0 Å². The highest BCUT2D eigenvalue weighted by Crippen LogP contribution is 2.22. The van der Waals surface area contributed by atoms with Gasteiger partial charge in [-0.05, 0) is 49.5 Å². The van der Waals surface area contributed by atoms with Crippen LogP contribution >= 0.6 is 0 Å². The molecule has 2 heterocycles. The molecule has 0 saturated carbocycles. The lowest BCUT2D eigenvalue weighted by Crippen LogP contribution is -2.44. The van der Waals surface area contributed by atoms with E-state index in [1.165, 1.54) is 31.1 Å². The molecular weight excluding hydrogens is 331 g/mol. The van der Waals surface area contributed by atoms with Crippen LogP contribution in [0.2, 0.25) is 0 Å². The third-order valence-corrected chi connectivity index (χ3v) is 5.34. The van der Waals surface area contributed by atoms with Crippen LogP contribution in [0, 0.1) is 11.7 Å². The van der Waals surface area contributed by atoms with Crippen molar-refractivity contribution in [2.24, 2.45) is 5.92 Å². The number of amides is 2. The minimum Gasteiger partial charge on any atom is -0.342 e. The molecule has 2 aliphatic rings. The predicted octanol–water partition coefficient (Wildman–Crippen LogP) is 3.48. The van der Waals surface area contributed by atoms with Gasteiger partial charge in [-0.25, -0.2) is 4.39 Å². The van der Waals surface area contributed by atoms with E-state index >= 15 is 0 Å². The van der Waals surface area contributed by atoms with Crippen molar-refractivity contribution in [2.75, 3.05) is 26.2 Å². The number of halogens is 1. The SMILES string of the molecule is O=C(/C=C/c1cccc(F)c1)N1CCC(C(=O)N2CCCCCC2)CC1. The molecule has 2 saturated heterocycles. The fraction of sp³-hybridized carbons (Fsp3) is 0.524. The van der Waals surface area contributed by atoms with Crippen LogP contribution in [0.1, 0.15) is 44.1 Å². The number of nitrogens with zero attached hydrogens (tertiary/aromatic N) is 2. The zero-order valence-electron chi connectivity index (χ0n) is 15.2. The summed E-state index contributed by atoms with van der Waals surface area (Å²) < 4.78 is 13.2. The van der Waals surface area contributed by atoms with Crippen molar-refractivity contribution in [3.63, 3.8) is 0 Å². The Balaban J connectivity index is 1.49. The first-order valence-electron chi connectivity index (χ1n) is 9.65. The van der Waals surface area contributed by atoms with Crippen molar-refractivity contribution in [3.8, 4) is 0 Å². The first-order valence-corrected chi connectivity index (χ1v) is 9.65. The van der Waals surface area contributed by atoms with Crippen molar-refractivity contribution in [3.05, 3.63) is 41.7 Å². The summed E-state index contributed by atoms with van der Waals surface area (Å²) in [6.45, 7) is 2.98. The van der Waals surface area contributed by atoms with Gasteiger partial charge in [0.25, 0.3) is 0 Å². The number of piperidine rings is 1. The van der Waals surface area contributed by atoms with Gasteiger partial charge in [0.1, 0.15) is 5.82 Å². The maximum absolute atomic E-state index is 13.2. The minimum absolute atomic E-state index is 0.0457. The van der Waals surface area contributed by atoms with Gasteiger partial charge in [0.2, 0.25) is 11.8 Å². The van der Waals surface area contributed by atoms with E-state index in [1.54, 1.807) is 23.1 Å². The molecular formula is C21H27FN2O2. The maximum atomic E-state index is 13.2. The van der Waals surface area contributed by atoms with Gasteiger partial charge in [-0.1, -0.05) is 25.0 Å². The van der Waals surface area contributed by atoms with Crippen molar-refractivity contribution in [1.29, 1.82) is 0 Å². The van der Waals surface area contributed by atoms with E-state index in [0.29, 0.717) is 18.7 Å². The molecule has 1 aromatic rings. The zero-order chi connectivity index (χ0) is 18.4. The molecule has 0 spiro atoms. The fourth-order valence-electron chi connectivity index (χ4n) is 3.78. The first kappa shape index (κ1) is 18.6. The van der Waals surface area contributed by atoms with Crippen LogP contribution in [0.5, 0.6) is 0 Å². The number of carbonyl (C=O) groups is 2. The van der Waals surface area contributed by atoms with Crippen molar-refractivity contribution in [1.82, 2.24) is 9.80 Å². The second-order valence-electron chi connectivity index (χ2n) is 7.23. The summed E-state index contributed by atoms with van der Waals surface area (Å²) in [6.07, 6.45) is 9.24. The lowest BCUT2D eigenvalue weighted by atomic mass is 9.95. The minimum atomic E-state index is -0.313. The molecule has 0 aromatic heterocycles. The van der Waals surface area contributed by atoms with E-state index < -0.39 is 0 Å².